The molecule has 0 aliphatic rings. The van der Waals surface area contributed by atoms with Crippen LogP contribution in [-0.2, 0) is 6.54 Å². The molecular formula is C20H19N3O. The Balaban J connectivity index is 1.84. The Morgan fingerprint density at radius 2 is 1.67 bits per heavy atom. The van der Waals surface area contributed by atoms with Gasteiger partial charge in [0, 0.05) is 11.9 Å². The van der Waals surface area contributed by atoms with E-state index in [1.54, 1.807) is 11.1 Å². The lowest BCUT2D eigenvalue weighted by Crippen LogP contribution is -2.35. The average molecular weight is 317 g/mol. The first-order valence-corrected chi connectivity index (χ1v) is 7.82. The van der Waals surface area contributed by atoms with Gasteiger partial charge in [0.2, 0.25) is 0 Å². The second kappa shape index (κ2) is 7.42. The molecule has 120 valence electrons. The van der Waals surface area contributed by atoms with Gasteiger partial charge in [0.05, 0.1) is 6.54 Å². The fourth-order valence-electron chi connectivity index (χ4n) is 2.36. The summed E-state index contributed by atoms with van der Waals surface area (Å²) in [5, 5.41) is 2.92. The third-order valence-corrected chi connectivity index (χ3v) is 3.66. The van der Waals surface area contributed by atoms with Gasteiger partial charge in [-0.15, -0.1) is 0 Å². The van der Waals surface area contributed by atoms with Crippen molar-refractivity contribution < 1.29 is 4.79 Å². The first-order valence-electron chi connectivity index (χ1n) is 7.82. The number of para-hydroxylation sites is 1. The molecule has 2 aromatic carbocycles. The SMILES string of the molecule is Cc1ccc(CN(C(=O)Nc2ccccc2)c2ccccn2)cc1. The Bertz CT molecular complexity index is 786. The maximum Gasteiger partial charge on any atom is 0.327 e. The van der Waals surface area contributed by atoms with E-state index < -0.39 is 0 Å². The molecule has 1 aromatic heterocycles. The summed E-state index contributed by atoms with van der Waals surface area (Å²) >= 11 is 0. The molecule has 4 heteroatoms. The minimum atomic E-state index is -0.208. The summed E-state index contributed by atoms with van der Waals surface area (Å²) in [7, 11) is 0. The first kappa shape index (κ1) is 15.7. The Morgan fingerprint density at radius 3 is 2.33 bits per heavy atom. The van der Waals surface area contributed by atoms with Crippen molar-refractivity contribution in [3.63, 3.8) is 0 Å². The minimum Gasteiger partial charge on any atom is -0.307 e. The quantitative estimate of drug-likeness (QED) is 0.762. The molecule has 0 fully saturated rings. The number of anilines is 2. The van der Waals surface area contributed by atoms with Gasteiger partial charge >= 0.3 is 6.03 Å². The van der Waals surface area contributed by atoms with E-state index >= 15 is 0 Å². The predicted molar refractivity (Wildman–Crippen MR) is 97.1 cm³/mol. The normalized spacial score (nSPS) is 10.2. The molecule has 24 heavy (non-hydrogen) atoms. The van der Waals surface area contributed by atoms with Crippen molar-refractivity contribution in [1.82, 2.24) is 4.98 Å². The smallest absolute Gasteiger partial charge is 0.307 e. The molecule has 3 rings (SSSR count). The molecule has 0 atom stereocenters. The Morgan fingerprint density at radius 1 is 0.958 bits per heavy atom. The van der Waals surface area contributed by atoms with Crippen LogP contribution in [0.4, 0.5) is 16.3 Å². The zero-order valence-electron chi connectivity index (χ0n) is 13.5. The summed E-state index contributed by atoms with van der Waals surface area (Å²) in [5.41, 5.74) is 3.00. The highest BCUT2D eigenvalue weighted by Gasteiger charge is 2.17. The van der Waals surface area contributed by atoms with Crippen molar-refractivity contribution in [3.05, 3.63) is 90.1 Å². The Labute approximate surface area is 141 Å². The van der Waals surface area contributed by atoms with Crippen LogP contribution in [0.25, 0.3) is 0 Å². The molecule has 1 heterocycles. The number of amides is 2. The van der Waals surface area contributed by atoms with Crippen molar-refractivity contribution >= 4 is 17.5 Å². The van der Waals surface area contributed by atoms with Crippen molar-refractivity contribution in [1.29, 1.82) is 0 Å². The lowest BCUT2D eigenvalue weighted by atomic mass is 10.1. The third-order valence-electron chi connectivity index (χ3n) is 3.66. The molecule has 0 aliphatic heterocycles. The fraction of sp³-hybridized carbons (Fsp3) is 0.100. The summed E-state index contributed by atoms with van der Waals surface area (Å²) in [6.45, 7) is 2.50. The third kappa shape index (κ3) is 3.98. The summed E-state index contributed by atoms with van der Waals surface area (Å²) < 4.78 is 0. The number of carbonyl (C=O) groups excluding carboxylic acids is 1. The van der Waals surface area contributed by atoms with Crippen molar-refractivity contribution in [2.75, 3.05) is 10.2 Å². The molecule has 1 N–H and O–H groups in total. The van der Waals surface area contributed by atoms with Crippen LogP contribution in [0.15, 0.2) is 79.0 Å². The number of nitrogens with one attached hydrogen (secondary N) is 1. The minimum absolute atomic E-state index is 0.208. The lowest BCUT2D eigenvalue weighted by Gasteiger charge is -2.22. The fourth-order valence-corrected chi connectivity index (χ4v) is 2.36. The highest BCUT2D eigenvalue weighted by Crippen LogP contribution is 2.17. The van der Waals surface area contributed by atoms with Crippen LogP contribution in [0.1, 0.15) is 11.1 Å². The van der Waals surface area contributed by atoms with Crippen LogP contribution in [0.5, 0.6) is 0 Å². The number of hydrogen-bond donors (Lipinski definition) is 1. The summed E-state index contributed by atoms with van der Waals surface area (Å²) in [5.74, 6) is 0.617. The molecule has 3 aromatic rings. The molecule has 2 amide bonds. The summed E-state index contributed by atoms with van der Waals surface area (Å²) in [4.78, 5) is 18.7. The number of carbonyl (C=O) groups is 1. The van der Waals surface area contributed by atoms with E-state index in [2.05, 4.69) is 10.3 Å². The second-order valence-corrected chi connectivity index (χ2v) is 5.56. The van der Waals surface area contributed by atoms with Gasteiger partial charge < -0.3 is 5.32 Å². The van der Waals surface area contributed by atoms with E-state index in [0.29, 0.717) is 12.4 Å². The highest BCUT2D eigenvalue weighted by atomic mass is 16.2. The van der Waals surface area contributed by atoms with E-state index in [4.69, 9.17) is 0 Å². The monoisotopic (exact) mass is 317 g/mol. The van der Waals surface area contributed by atoms with Crippen LogP contribution in [-0.4, -0.2) is 11.0 Å². The number of aryl methyl sites for hydroxylation is 1. The molecule has 0 radical (unpaired) electrons. The van der Waals surface area contributed by atoms with Gasteiger partial charge in [0.1, 0.15) is 5.82 Å². The molecule has 0 saturated carbocycles. The standard InChI is InChI=1S/C20H19N3O/c1-16-10-12-17(13-11-16)15-23(19-9-5-6-14-21-19)20(24)22-18-7-3-2-4-8-18/h2-14H,15H2,1H3,(H,22,24). The Hall–Kier alpha value is -3.14. The maximum absolute atomic E-state index is 12.8. The van der Waals surface area contributed by atoms with Crippen LogP contribution in [0.2, 0.25) is 0 Å². The van der Waals surface area contributed by atoms with E-state index in [1.807, 2.05) is 79.7 Å². The molecule has 0 saturated heterocycles. The van der Waals surface area contributed by atoms with Crippen LogP contribution >= 0.6 is 0 Å². The zero-order valence-corrected chi connectivity index (χ0v) is 13.5. The van der Waals surface area contributed by atoms with Gasteiger partial charge in [-0.2, -0.15) is 0 Å². The van der Waals surface area contributed by atoms with Gasteiger partial charge in [-0.1, -0.05) is 54.1 Å². The van der Waals surface area contributed by atoms with Crippen LogP contribution in [0, 0.1) is 6.92 Å². The first-order chi connectivity index (χ1) is 11.7. The molecule has 0 spiro atoms. The number of benzene rings is 2. The van der Waals surface area contributed by atoms with Crippen LogP contribution < -0.4 is 10.2 Å². The number of pyridine rings is 1. The second-order valence-electron chi connectivity index (χ2n) is 5.56. The number of nitrogens with zero attached hydrogens (tertiary/aromatic N) is 2. The zero-order chi connectivity index (χ0) is 16.8. The average Bonchev–Trinajstić information content (AvgIpc) is 2.63. The van der Waals surface area contributed by atoms with Crippen molar-refractivity contribution in [3.8, 4) is 0 Å². The van der Waals surface area contributed by atoms with Gasteiger partial charge in [-0.3, -0.25) is 4.90 Å². The maximum atomic E-state index is 12.8. The largest absolute Gasteiger partial charge is 0.327 e. The molecule has 0 bridgehead atoms. The number of aromatic nitrogens is 1. The van der Waals surface area contributed by atoms with Gasteiger partial charge in [-0.25, -0.2) is 9.78 Å². The summed E-state index contributed by atoms with van der Waals surface area (Å²) in [6.07, 6.45) is 1.69. The Kier molecular flexibility index (Phi) is 4.87. The summed E-state index contributed by atoms with van der Waals surface area (Å²) in [6, 6.07) is 22.9. The van der Waals surface area contributed by atoms with E-state index in [0.717, 1.165) is 11.3 Å². The molecular weight excluding hydrogens is 298 g/mol. The van der Waals surface area contributed by atoms with E-state index in [-0.39, 0.29) is 6.03 Å². The number of rotatable bonds is 4. The van der Waals surface area contributed by atoms with E-state index in [9.17, 15) is 4.79 Å². The van der Waals surface area contributed by atoms with Crippen LogP contribution in [0.3, 0.4) is 0 Å². The molecule has 0 unspecified atom stereocenters. The lowest BCUT2D eigenvalue weighted by molar-refractivity contribution is 0.256. The van der Waals surface area contributed by atoms with Gasteiger partial charge in [0.15, 0.2) is 0 Å². The molecule has 4 nitrogen and oxygen atoms in total. The van der Waals surface area contributed by atoms with E-state index in [1.165, 1.54) is 5.56 Å². The van der Waals surface area contributed by atoms with Crippen molar-refractivity contribution in [2.24, 2.45) is 0 Å². The van der Waals surface area contributed by atoms with Crippen molar-refractivity contribution in [2.45, 2.75) is 13.5 Å². The topological polar surface area (TPSA) is 45.2 Å². The highest BCUT2D eigenvalue weighted by molar-refractivity contribution is 6.01. The predicted octanol–water partition coefficient (Wildman–Crippen LogP) is 4.63. The molecule has 0 aliphatic carbocycles. The van der Waals surface area contributed by atoms with Gasteiger partial charge in [-0.05, 0) is 36.8 Å². The number of urea groups is 1. The van der Waals surface area contributed by atoms with Gasteiger partial charge in [0.25, 0.3) is 0 Å². The number of hydrogen-bond acceptors (Lipinski definition) is 2.